The van der Waals surface area contributed by atoms with Crippen LogP contribution >= 0.6 is 7.60 Å². The third kappa shape index (κ3) is 9.85. The summed E-state index contributed by atoms with van der Waals surface area (Å²) in [6, 6.07) is 0. The SMILES string of the molecule is CCOC(=O)/C=C(\CP(=O)(OCC)OCC)O[Si](C)(C)C. The quantitative estimate of drug-likeness (QED) is 0.199. The zero-order chi connectivity index (χ0) is 16.5. The largest absolute Gasteiger partial charge is 0.547 e. The third-order valence-corrected chi connectivity index (χ3v) is 4.88. The van der Waals surface area contributed by atoms with Gasteiger partial charge in [-0.25, -0.2) is 4.79 Å². The molecule has 0 fully saturated rings. The Morgan fingerprint density at radius 2 is 1.57 bits per heavy atom. The molecule has 0 aliphatic carbocycles. The van der Waals surface area contributed by atoms with Crippen molar-refractivity contribution in [3.05, 3.63) is 11.8 Å². The Hall–Kier alpha value is -0.623. The molecule has 0 saturated carbocycles. The highest BCUT2D eigenvalue weighted by Gasteiger charge is 2.29. The fraction of sp³-hybridized carbons (Fsp3) is 0.769. The second kappa shape index (κ2) is 9.41. The van der Waals surface area contributed by atoms with Crippen molar-refractivity contribution in [2.75, 3.05) is 26.0 Å². The maximum Gasteiger partial charge on any atom is 0.338 e. The van der Waals surface area contributed by atoms with Crippen molar-refractivity contribution in [2.24, 2.45) is 0 Å². The lowest BCUT2D eigenvalue weighted by Crippen LogP contribution is -2.26. The van der Waals surface area contributed by atoms with Crippen molar-refractivity contribution in [3.8, 4) is 0 Å². The van der Waals surface area contributed by atoms with Gasteiger partial charge in [-0.1, -0.05) is 0 Å². The molecular formula is C13H27O6PSi. The fourth-order valence-electron chi connectivity index (χ4n) is 1.53. The molecule has 0 aromatic heterocycles. The van der Waals surface area contributed by atoms with Gasteiger partial charge in [0.05, 0.1) is 31.7 Å². The average Bonchev–Trinajstić information content (AvgIpc) is 2.26. The van der Waals surface area contributed by atoms with Crippen LogP contribution in [0.3, 0.4) is 0 Å². The molecule has 0 aliphatic heterocycles. The molecule has 0 aromatic carbocycles. The normalized spacial score (nSPS) is 13.1. The number of ether oxygens (including phenoxy) is 1. The van der Waals surface area contributed by atoms with Crippen LogP contribution in [0.25, 0.3) is 0 Å². The van der Waals surface area contributed by atoms with E-state index in [1.807, 2.05) is 19.6 Å². The van der Waals surface area contributed by atoms with E-state index in [1.54, 1.807) is 20.8 Å². The van der Waals surface area contributed by atoms with Crippen molar-refractivity contribution in [1.29, 1.82) is 0 Å². The van der Waals surface area contributed by atoms with E-state index in [0.717, 1.165) is 0 Å². The van der Waals surface area contributed by atoms with Gasteiger partial charge in [0.25, 0.3) is 0 Å². The van der Waals surface area contributed by atoms with Crippen molar-refractivity contribution in [3.63, 3.8) is 0 Å². The summed E-state index contributed by atoms with van der Waals surface area (Å²) in [5.41, 5.74) is 0. The van der Waals surface area contributed by atoms with Crippen molar-refractivity contribution in [1.82, 2.24) is 0 Å². The van der Waals surface area contributed by atoms with Crippen LogP contribution in [-0.4, -0.2) is 40.3 Å². The van der Waals surface area contributed by atoms with Gasteiger partial charge in [0.2, 0.25) is 8.32 Å². The number of hydrogen-bond acceptors (Lipinski definition) is 6. The van der Waals surface area contributed by atoms with Crippen molar-refractivity contribution in [2.45, 2.75) is 40.4 Å². The molecule has 0 aliphatic rings. The first-order chi connectivity index (χ1) is 9.65. The van der Waals surface area contributed by atoms with Gasteiger partial charge in [0.1, 0.15) is 6.16 Å². The van der Waals surface area contributed by atoms with Crippen LogP contribution < -0.4 is 0 Å². The zero-order valence-corrected chi connectivity index (χ0v) is 15.7. The summed E-state index contributed by atoms with van der Waals surface area (Å²) in [4.78, 5) is 11.6. The van der Waals surface area contributed by atoms with E-state index < -0.39 is 21.9 Å². The molecule has 0 bridgehead atoms. The Bertz CT molecular complexity index is 392. The van der Waals surface area contributed by atoms with Crippen LogP contribution in [0.2, 0.25) is 19.6 Å². The molecule has 0 spiro atoms. The Labute approximate surface area is 128 Å². The molecule has 0 atom stereocenters. The van der Waals surface area contributed by atoms with Gasteiger partial charge < -0.3 is 18.2 Å². The van der Waals surface area contributed by atoms with Gasteiger partial charge in [-0.2, -0.15) is 0 Å². The number of esters is 1. The maximum atomic E-state index is 12.5. The topological polar surface area (TPSA) is 71.1 Å². The van der Waals surface area contributed by atoms with Gasteiger partial charge in [-0.15, -0.1) is 0 Å². The number of allylic oxidation sites excluding steroid dienone is 1. The second-order valence-electron chi connectivity index (χ2n) is 5.18. The molecule has 0 heterocycles. The summed E-state index contributed by atoms with van der Waals surface area (Å²) in [6.45, 7) is 11.9. The molecule has 0 aromatic rings. The van der Waals surface area contributed by atoms with Crippen molar-refractivity contribution >= 4 is 21.9 Å². The van der Waals surface area contributed by atoms with Crippen LogP contribution in [-0.2, 0) is 27.6 Å². The summed E-state index contributed by atoms with van der Waals surface area (Å²) in [7, 11) is -5.28. The predicted molar refractivity (Wildman–Crippen MR) is 84.9 cm³/mol. The number of carbonyl (C=O) groups excluding carboxylic acids is 1. The molecule has 0 saturated heterocycles. The first-order valence-corrected chi connectivity index (χ1v) is 12.2. The van der Waals surface area contributed by atoms with E-state index in [4.69, 9.17) is 18.2 Å². The highest BCUT2D eigenvalue weighted by atomic mass is 31.2. The number of hydrogen-bond donors (Lipinski definition) is 0. The summed E-state index contributed by atoms with van der Waals surface area (Å²) in [5.74, 6) is -0.233. The summed E-state index contributed by atoms with van der Waals surface area (Å²) in [6.07, 6.45) is 1.16. The third-order valence-electron chi connectivity index (χ3n) is 2.00. The zero-order valence-electron chi connectivity index (χ0n) is 13.8. The molecule has 0 N–H and O–H groups in total. The van der Waals surface area contributed by atoms with Crippen LogP contribution in [0.1, 0.15) is 20.8 Å². The lowest BCUT2D eigenvalue weighted by Gasteiger charge is -2.24. The maximum absolute atomic E-state index is 12.5. The minimum Gasteiger partial charge on any atom is -0.547 e. The highest BCUT2D eigenvalue weighted by molar-refractivity contribution is 7.54. The lowest BCUT2D eigenvalue weighted by atomic mass is 10.5. The number of rotatable bonds is 10. The Morgan fingerprint density at radius 1 is 1.05 bits per heavy atom. The second-order valence-corrected chi connectivity index (χ2v) is 11.7. The van der Waals surface area contributed by atoms with E-state index >= 15 is 0 Å². The molecule has 0 unspecified atom stereocenters. The summed E-state index contributed by atoms with van der Waals surface area (Å²) >= 11 is 0. The van der Waals surface area contributed by atoms with Crippen LogP contribution in [0.4, 0.5) is 0 Å². The predicted octanol–water partition coefficient (Wildman–Crippen LogP) is 3.55. The molecule has 0 amide bonds. The van der Waals surface area contributed by atoms with Crippen molar-refractivity contribution < 1.29 is 27.6 Å². The molecule has 124 valence electrons. The van der Waals surface area contributed by atoms with E-state index in [0.29, 0.717) is 0 Å². The van der Waals surface area contributed by atoms with Crippen LogP contribution in [0.15, 0.2) is 11.8 Å². The van der Waals surface area contributed by atoms with Gasteiger partial charge in [0, 0.05) is 0 Å². The molecule has 8 heteroatoms. The van der Waals surface area contributed by atoms with Gasteiger partial charge in [-0.3, -0.25) is 4.57 Å². The lowest BCUT2D eigenvalue weighted by molar-refractivity contribution is -0.137. The average molecular weight is 338 g/mol. The van der Waals surface area contributed by atoms with Gasteiger partial charge in [-0.05, 0) is 40.4 Å². The minimum atomic E-state index is -3.32. The first-order valence-electron chi connectivity index (χ1n) is 7.10. The Kier molecular flexibility index (Phi) is 9.13. The molecule has 0 rings (SSSR count). The van der Waals surface area contributed by atoms with E-state index in [1.165, 1.54) is 6.08 Å². The minimum absolute atomic E-state index is 0.0717. The monoisotopic (exact) mass is 338 g/mol. The Morgan fingerprint density at radius 3 is 1.95 bits per heavy atom. The fourth-order valence-corrected chi connectivity index (χ4v) is 4.15. The van der Waals surface area contributed by atoms with Gasteiger partial charge >= 0.3 is 13.6 Å². The summed E-state index contributed by atoms with van der Waals surface area (Å²) in [5, 5.41) is 0. The van der Waals surface area contributed by atoms with Crippen LogP contribution in [0.5, 0.6) is 0 Å². The molecule has 0 radical (unpaired) electrons. The van der Waals surface area contributed by atoms with Crippen LogP contribution in [0, 0.1) is 0 Å². The first kappa shape index (κ1) is 20.4. The highest BCUT2D eigenvalue weighted by Crippen LogP contribution is 2.49. The van der Waals surface area contributed by atoms with E-state index in [2.05, 4.69) is 0 Å². The number of carbonyl (C=O) groups is 1. The van der Waals surface area contributed by atoms with E-state index in [9.17, 15) is 9.36 Å². The van der Waals surface area contributed by atoms with E-state index in [-0.39, 0.29) is 31.7 Å². The smallest absolute Gasteiger partial charge is 0.338 e. The molecule has 6 nitrogen and oxygen atoms in total. The molecular weight excluding hydrogens is 311 g/mol. The van der Waals surface area contributed by atoms with Gasteiger partial charge in [0.15, 0.2) is 0 Å². The standard InChI is InChI=1S/C13H27O6PSi/c1-7-16-13(14)10-12(19-21(4,5)6)11-20(15,17-8-2)18-9-3/h10H,7-9,11H2,1-6H3/b12-10+. The molecule has 21 heavy (non-hydrogen) atoms. The Balaban J connectivity index is 5.20. The summed E-state index contributed by atoms with van der Waals surface area (Å²) < 4.78 is 33.7.